The first kappa shape index (κ1) is 17.2. The van der Waals surface area contributed by atoms with Gasteiger partial charge in [0.05, 0.1) is 25.3 Å². The number of hydrogen-bond acceptors (Lipinski definition) is 4. The summed E-state index contributed by atoms with van der Waals surface area (Å²) < 4.78 is 15.4. The van der Waals surface area contributed by atoms with E-state index in [1.807, 2.05) is 18.2 Å². The highest BCUT2D eigenvalue weighted by Gasteiger charge is 2.01. The molecule has 0 spiro atoms. The topological polar surface area (TPSA) is 39.7 Å². The summed E-state index contributed by atoms with van der Waals surface area (Å²) in [5.41, 5.74) is 1.16. The van der Waals surface area contributed by atoms with E-state index in [-0.39, 0.29) is 0 Å². The van der Waals surface area contributed by atoms with Crippen molar-refractivity contribution in [1.82, 2.24) is 5.32 Å². The fourth-order valence-corrected chi connectivity index (χ4v) is 2.03. The number of benzene rings is 1. The van der Waals surface area contributed by atoms with Crippen LogP contribution in [-0.2, 0) is 16.0 Å². The summed E-state index contributed by atoms with van der Waals surface area (Å²) in [5, 5.41) is 4.04. The van der Waals surface area contributed by atoms with Crippen molar-refractivity contribution in [2.75, 3.05) is 40.6 Å². The molecular formula is C15H24ClNO3. The Morgan fingerprint density at radius 2 is 1.95 bits per heavy atom. The smallest absolute Gasteiger partial charge is 0.137 e. The Kier molecular flexibility index (Phi) is 9.41. The first-order valence-corrected chi connectivity index (χ1v) is 7.25. The van der Waals surface area contributed by atoms with Gasteiger partial charge in [-0.05, 0) is 37.1 Å². The molecular weight excluding hydrogens is 278 g/mol. The second-order valence-electron chi connectivity index (χ2n) is 4.46. The van der Waals surface area contributed by atoms with Crippen molar-refractivity contribution in [1.29, 1.82) is 0 Å². The van der Waals surface area contributed by atoms with Crippen LogP contribution in [0.4, 0.5) is 0 Å². The third-order valence-electron chi connectivity index (χ3n) is 2.87. The van der Waals surface area contributed by atoms with Gasteiger partial charge in [0.15, 0.2) is 0 Å². The molecule has 0 aliphatic carbocycles. The fourth-order valence-electron chi connectivity index (χ4n) is 1.75. The first-order chi connectivity index (χ1) is 9.77. The number of rotatable bonds is 11. The third-order valence-corrected chi connectivity index (χ3v) is 3.16. The Hall–Kier alpha value is -0.810. The largest absolute Gasteiger partial charge is 0.495 e. The summed E-state index contributed by atoms with van der Waals surface area (Å²) in [5.74, 6) is 0.712. The Morgan fingerprint density at radius 3 is 2.65 bits per heavy atom. The highest BCUT2D eigenvalue weighted by molar-refractivity contribution is 6.32. The zero-order chi connectivity index (χ0) is 14.6. The maximum atomic E-state index is 6.07. The molecule has 0 bridgehead atoms. The molecule has 0 atom stereocenters. The Balaban J connectivity index is 2.05. The van der Waals surface area contributed by atoms with E-state index in [0.29, 0.717) is 24.0 Å². The van der Waals surface area contributed by atoms with Crippen molar-refractivity contribution < 1.29 is 14.2 Å². The minimum Gasteiger partial charge on any atom is -0.495 e. The number of methoxy groups -OCH3 is 2. The zero-order valence-electron chi connectivity index (χ0n) is 12.3. The average molecular weight is 302 g/mol. The lowest BCUT2D eigenvalue weighted by Gasteiger charge is -2.08. The van der Waals surface area contributed by atoms with Gasteiger partial charge >= 0.3 is 0 Å². The van der Waals surface area contributed by atoms with Crippen LogP contribution in [0.2, 0.25) is 5.02 Å². The number of unbranched alkanes of at least 4 members (excludes halogenated alkanes) is 1. The number of halogens is 1. The van der Waals surface area contributed by atoms with E-state index < -0.39 is 0 Å². The van der Waals surface area contributed by atoms with E-state index in [0.717, 1.165) is 38.1 Å². The molecule has 20 heavy (non-hydrogen) atoms. The van der Waals surface area contributed by atoms with E-state index in [4.69, 9.17) is 25.8 Å². The van der Waals surface area contributed by atoms with Crippen LogP contribution in [0.15, 0.2) is 18.2 Å². The van der Waals surface area contributed by atoms with E-state index in [1.165, 1.54) is 0 Å². The van der Waals surface area contributed by atoms with Gasteiger partial charge in [-0.1, -0.05) is 17.7 Å². The lowest BCUT2D eigenvalue weighted by Crippen LogP contribution is -2.15. The van der Waals surface area contributed by atoms with E-state index in [1.54, 1.807) is 14.2 Å². The Bertz CT molecular complexity index is 374. The second-order valence-corrected chi connectivity index (χ2v) is 4.87. The van der Waals surface area contributed by atoms with Gasteiger partial charge in [-0.3, -0.25) is 0 Å². The van der Waals surface area contributed by atoms with Crippen molar-refractivity contribution >= 4 is 11.6 Å². The van der Waals surface area contributed by atoms with Crippen LogP contribution in [0.1, 0.15) is 18.4 Å². The van der Waals surface area contributed by atoms with Gasteiger partial charge < -0.3 is 19.5 Å². The molecule has 0 saturated carbocycles. The minimum absolute atomic E-state index is 0.651. The van der Waals surface area contributed by atoms with Gasteiger partial charge in [-0.2, -0.15) is 0 Å². The highest BCUT2D eigenvalue weighted by atomic mass is 35.5. The summed E-state index contributed by atoms with van der Waals surface area (Å²) in [6.07, 6.45) is 2.15. The molecule has 1 aromatic carbocycles. The molecule has 1 aromatic rings. The van der Waals surface area contributed by atoms with Crippen molar-refractivity contribution in [3.05, 3.63) is 28.8 Å². The van der Waals surface area contributed by atoms with Gasteiger partial charge in [-0.25, -0.2) is 0 Å². The van der Waals surface area contributed by atoms with Crippen LogP contribution in [0, 0.1) is 0 Å². The maximum absolute atomic E-state index is 6.07. The fraction of sp³-hybridized carbons (Fsp3) is 0.600. The molecule has 1 N–H and O–H groups in total. The second kappa shape index (κ2) is 10.9. The third kappa shape index (κ3) is 7.10. The van der Waals surface area contributed by atoms with E-state index >= 15 is 0 Å². The molecule has 0 heterocycles. The molecule has 0 unspecified atom stereocenters. The molecule has 0 saturated heterocycles. The SMILES string of the molecule is COCCOCCCCNCc1ccc(OC)c(Cl)c1. The lowest BCUT2D eigenvalue weighted by molar-refractivity contribution is 0.0688. The highest BCUT2D eigenvalue weighted by Crippen LogP contribution is 2.24. The van der Waals surface area contributed by atoms with Crippen LogP contribution in [-0.4, -0.2) is 40.6 Å². The summed E-state index contributed by atoms with van der Waals surface area (Å²) in [6.45, 7) is 3.91. The van der Waals surface area contributed by atoms with Crippen LogP contribution >= 0.6 is 11.6 Å². The average Bonchev–Trinajstić information content (AvgIpc) is 2.46. The van der Waals surface area contributed by atoms with E-state index in [2.05, 4.69) is 5.32 Å². The van der Waals surface area contributed by atoms with Crippen molar-refractivity contribution in [2.24, 2.45) is 0 Å². The summed E-state index contributed by atoms with van der Waals surface area (Å²) in [4.78, 5) is 0. The normalized spacial score (nSPS) is 10.8. The first-order valence-electron chi connectivity index (χ1n) is 6.87. The van der Waals surface area contributed by atoms with Crippen molar-refractivity contribution in [3.8, 4) is 5.75 Å². The lowest BCUT2D eigenvalue weighted by atomic mass is 10.2. The maximum Gasteiger partial charge on any atom is 0.137 e. The summed E-state index contributed by atoms with van der Waals surface area (Å²) in [6, 6.07) is 5.84. The molecule has 0 fully saturated rings. The molecule has 0 amide bonds. The predicted octanol–water partition coefficient (Wildman–Crippen LogP) is 2.88. The summed E-state index contributed by atoms with van der Waals surface area (Å²) in [7, 11) is 3.30. The van der Waals surface area contributed by atoms with Crippen LogP contribution in [0.3, 0.4) is 0 Å². The minimum atomic E-state index is 0.651. The zero-order valence-corrected chi connectivity index (χ0v) is 13.0. The van der Waals surface area contributed by atoms with Gasteiger partial charge in [0.1, 0.15) is 5.75 Å². The van der Waals surface area contributed by atoms with Gasteiger partial charge in [-0.15, -0.1) is 0 Å². The molecule has 0 aliphatic rings. The molecule has 0 aromatic heterocycles. The van der Waals surface area contributed by atoms with Gasteiger partial charge in [0.25, 0.3) is 0 Å². The van der Waals surface area contributed by atoms with Gasteiger partial charge in [0.2, 0.25) is 0 Å². The van der Waals surface area contributed by atoms with Crippen LogP contribution < -0.4 is 10.1 Å². The van der Waals surface area contributed by atoms with Gasteiger partial charge in [0, 0.05) is 20.3 Å². The predicted molar refractivity (Wildman–Crippen MR) is 81.6 cm³/mol. The Labute approximate surface area is 126 Å². The number of hydrogen-bond donors (Lipinski definition) is 1. The molecule has 114 valence electrons. The Morgan fingerprint density at radius 1 is 1.10 bits per heavy atom. The van der Waals surface area contributed by atoms with Crippen LogP contribution in [0.25, 0.3) is 0 Å². The molecule has 0 aliphatic heterocycles. The molecule has 0 radical (unpaired) electrons. The van der Waals surface area contributed by atoms with E-state index in [9.17, 15) is 0 Å². The quantitative estimate of drug-likeness (QED) is 0.638. The summed E-state index contributed by atoms with van der Waals surface area (Å²) >= 11 is 6.07. The van der Waals surface area contributed by atoms with Crippen molar-refractivity contribution in [2.45, 2.75) is 19.4 Å². The monoisotopic (exact) mass is 301 g/mol. The number of ether oxygens (including phenoxy) is 3. The molecule has 4 nitrogen and oxygen atoms in total. The molecule has 5 heteroatoms. The number of nitrogens with one attached hydrogen (secondary N) is 1. The molecule has 1 rings (SSSR count). The standard InChI is InChI=1S/C15H24ClNO3/c1-18-9-10-20-8-4-3-7-17-12-13-5-6-15(19-2)14(16)11-13/h5-6,11,17H,3-4,7-10,12H2,1-2H3. The van der Waals surface area contributed by atoms with Crippen LogP contribution in [0.5, 0.6) is 5.75 Å². The van der Waals surface area contributed by atoms with Crippen molar-refractivity contribution in [3.63, 3.8) is 0 Å².